The molecule has 0 bridgehead atoms. The quantitative estimate of drug-likeness (QED) is 0.788. The number of carbonyl (C=O) groups excluding carboxylic acids is 1. The van der Waals surface area contributed by atoms with Crippen molar-refractivity contribution < 1.29 is 17.6 Å². The van der Waals surface area contributed by atoms with E-state index in [0.29, 0.717) is 5.69 Å². The molecule has 1 amide bonds. The van der Waals surface area contributed by atoms with Gasteiger partial charge in [0.2, 0.25) is 10.0 Å². The molecular formula is C16H15Cl2FN2O3S. The van der Waals surface area contributed by atoms with Gasteiger partial charge in [-0.2, -0.15) is 0 Å². The SMILES string of the molecule is CC(C)NS(=O)(=O)c1cc(C(=O)Nc2ccc(F)cc2)c(Cl)cc1Cl. The predicted molar refractivity (Wildman–Crippen MR) is 96.3 cm³/mol. The Morgan fingerprint density at radius 1 is 1.08 bits per heavy atom. The van der Waals surface area contributed by atoms with Crippen LogP contribution in [0.4, 0.5) is 10.1 Å². The highest BCUT2D eigenvalue weighted by atomic mass is 35.5. The van der Waals surface area contributed by atoms with Crippen LogP contribution < -0.4 is 10.0 Å². The highest BCUT2D eigenvalue weighted by molar-refractivity contribution is 7.89. The van der Waals surface area contributed by atoms with Crippen molar-refractivity contribution in [2.45, 2.75) is 24.8 Å². The van der Waals surface area contributed by atoms with E-state index in [4.69, 9.17) is 23.2 Å². The fourth-order valence-electron chi connectivity index (χ4n) is 2.01. The van der Waals surface area contributed by atoms with Crippen molar-refractivity contribution in [3.05, 3.63) is 57.8 Å². The van der Waals surface area contributed by atoms with E-state index in [1.807, 2.05) is 0 Å². The summed E-state index contributed by atoms with van der Waals surface area (Å²) in [5.41, 5.74) is 0.265. The van der Waals surface area contributed by atoms with Crippen LogP contribution in [0.1, 0.15) is 24.2 Å². The van der Waals surface area contributed by atoms with E-state index < -0.39 is 21.7 Å². The molecule has 0 saturated carbocycles. The van der Waals surface area contributed by atoms with Gasteiger partial charge in [-0.15, -0.1) is 0 Å². The topological polar surface area (TPSA) is 75.3 Å². The Hall–Kier alpha value is -1.67. The summed E-state index contributed by atoms with van der Waals surface area (Å²) in [6, 6.07) is 7.05. The van der Waals surface area contributed by atoms with E-state index in [-0.39, 0.29) is 26.5 Å². The number of hydrogen-bond acceptors (Lipinski definition) is 3. The average Bonchev–Trinajstić information content (AvgIpc) is 2.47. The second-order valence-electron chi connectivity index (χ2n) is 5.50. The predicted octanol–water partition coefficient (Wildman–Crippen LogP) is 4.07. The maximum atomic E-state index is 12.9. The largest absolute Gasteiger partial charge is 0.322 e. The zero-order valence-corrected chi connectivity index (χ0v) is 15.6. The Labute approximate surface area is 155 Å². The molecule has 0 radical (unpaired) electrons. The fourth-order valence-corrected chi connectivity index (χ4v) is 4.12. The van der Waals surface area contributed by atoms with E-state index in [2.05, 4.69) is 10.0 Å². The van der Waals surface area contributed by atoms with Crippen LogP contribution in [-0.4, -0.2) is 20.4 Å². The molecular weight excluding hydrogens is 390 g/mol. The highest BCUT2D eigenvalue weighted by Crippen LogP contribution is 2.29. The number of nitrogens with one attached hydrogen (secondary N) is 2. The summed E-state index contributed by atoms with van der Waals surface area (Å²) >= 11 is 12.0. The van der Waals surface area contributed by atoms with Gasteiger partial charge in [-0.25, -0.2) is 17.5 Å². The maximum absolute atomic E-state index is 12.9. The minimum Gasteiger partial charge on any atom is -0.322 e. The summed E-state index contributed by atoms with van der Waals surface area (Å²) in [6.07, 6.45) is 0. The van der Waals surface area contributed by atoms with Gasteiger partial charge < -0.3 is 5.32 Å². The lowest BCUT2D eigenvalue weighted by Crippen LogP contribution is -2.30. The molecule has 0 aliphatic heterocycles. The summed E-state index contributed by atoms with van der Waals surface area (Å²) in [7, 11) is -3.91. The molecule has 0 saturated heterocycles. The molecule has 0 heterocycles. The summed E-state index contributed by atoms with van der Waals surface area (Å²) in [4.78, 5) is 12.1. The number of carbonyl (C=O) groups is 1. The van der Waals surface area contributed by atoms with Crippen LogP contribution in [0, 0.1) is 5.82 Å². The van der Waals surface area contributed by atoms with Gasteiger partial charge in [0.1, 0.15) is 10.7 Å². The van der Waals surface area contributed by atoms with Gasteiger partial charge in [0.05, 0.1) is 15.6 Å². The second kappa shape index (κ2) is 7.70. The third-order valence-electron chi connectivity index (χ3n) is 3.05. The van der Waals surface area contributed by atoms with Crippen LogP contribution in [0.3, 0.4) is 0 Å². The van der Waals surface area contributed by atoms with Crippen molar-refractivity contribution >= 4 is 44.8 Å². The Morgan fingerprint density at radius 3 is 2.24 bits per heavy atom. The number of halogens is 3. The van der Waals surface area contributed by atoms with Crippen LogP contribution in [0.15, 0.2) is 41.3 Å². The number of benzene rings is 2. The van der Waals surface area contributed by atoms with Crippen molar-refractivity contribution in [2.24, 2.45) is 0 Å². The van der Waals surface area contributed by atoms with E-state index >= 15 is 0 Å². The number of rotatable bonds is 5. The molecule has 0 aromatic heterocycles. The zero-order valence-electron chi connectivity index (χ0n) is 13.3. The Morgan fingerprint density at radius 2 is 1.68 bits per heavy atom. The summed E-state index contributed by atoms with van der Waals surface area (Å²) in [5, 5.41) is 2.41. The van der Waals surface area contributed by atoms with Gasteiger partial charge in [0, 0.05) is 11.7 Å². The molecule has 0 fully saturated rings. The minimum absolute atomic E-state index is 0.00638. The molecule has 0 atom stereocenters. The minimum atomic E-state index is -3.91. The molecule has 134 valence electrons. The van der Waals surface area contributed by atoms with Crippen molar-refractivity contribution in [3.63, 3.8) is 0 Å². The summed E-state index contributed by atoms with van der Waals surface area (Å²) < 4.78 is 40.0. The molecule has 2 rings (SSSR count). The van der Waals surface area contributed by atoms with Gasteiger partial charge in [-0.1, -0.05) is 23.2 Å². The third kappa shape index (κ3) is 4.92. The normalized spacial score (nSPS) is 11.6. The van der Waals surface area contributed by atoms with E-state index in [1.54, 1.807) is 13.8 Å². The molecule has 2 aromatic rings. The van der Waals surface area contributed by atoms with Crippen molar-refractivity contribution in [2.75, 3.05) is 5.32 Å². The molecule has 2 aromatic carbocycles. The van der Waals surface area contributed by atoms with Crippen molar-refractivity contribution in [3.8, 4) is 0 Å². The number of anilines is 1. The Bertz CT molecular complexity index is 900. The second-order valence-corrected chi connectivity index (χ2v) is 8.00. The molecule has 0 unspecified atom stereocenters. The molecule has 25 heavy (non-hydrogen) atoms. The third-order valence-corrected chi connectivity index (χ3v) is 5.48. The van der Waals surface area contributed by atoms with E-state index in [0.717, 1.165) is 6.07 Å². The first-order chi connectivity index (χ1) is 11.6. The van der Waals surface area contributed by atoms with Crippen molar-refractivity contribution in [1.82, 2.24) is 4.72 Å². The molecule has 5 nitrogen and oxygen atoms in total. The molecule has 2 N–H and O–H groups in total. The smallest absolute Gasteiger partial charge is 0.257 e. The Balaban J connectivity index is 2.39. The van der Waals surface area contributed by atoms with Gasteiger partial charge in [-0.3, -0.25) is 4.79 Å². The number of amides is 1. The molecule has 9 heteroatoms. The first-order valence-electron chi connectivity index (χ1n) is 7.18. The zero-order chi connectivity index (χ0) is 18.8. The lowest BCUT2D eigenvalue weighted by atomic mass is 10.2. The number of hydrogen-bond donors (Lipinski definition) is 2. The lowest BCUT2D eigenvalue weighted by Gasteiger charge is -2.13. The maximum Gasteiger partial charge on any atom is 0.257 e. The van der Waals surface area contributed by atoms with E-state index in [9.17, 15) is 17.6 Å². The van der Waals surface area contributed by atoms with E-state index in [1.165, 1.54) is 30.3 Å². The van der Waals surface area contributed by atoms with Crippen LogP contribution in [0.25, 0.3) is 0 Å². The molecule has 0 aliphatic carbocycles. The lowest BCUT2D eigenvalue weighted by molar-refractivity contribution is 0.102. The fraction of sp³-hybridized carbons (Fsp3) is 0.188. The monoisotopic (exact) mass is 404 g/mol. The van der Waals surface area contributed by atoms with Gasteiger partial charge >= 0.3 is 0 Å². The van der Waals surface area contributed by atoms with Crippen LogP contribution in [-0.2, 0) is 10.0 Å². The van der Waals surface area contributed by atoms with Gasteiger partial charge in [0.25, 0.3) is 5.91 Å². The Kier molecular flexibility index (Phi) is 6.05. The average molecular weight is 405 g/mol. The number of sulfonamides is 1. The van der Waals surface area contributed by atoms with Crippen LogP contribution in [0.2, 0.25) is 10.0 Å². The standard InChI is InChI=1S/C16H15Cl2FN2O3S/c1-9(2)21-25(23,24)15-7-12(13(17)8-14(15)18)16(22)20-11-5-3-10(19)4-6-11/h3-9,21H,1-2H3,(H,20,22). The van der Waals surface area contributed by atoms with Crippen molar-refractivity contribution in [1.29, 1.82) is 0 Å². The molecule has 0 spiro atoms. The highest BCUT2D eigenvalue weighted by Gasteiger charge is 2.23. The first-order valence-corrected chi connectivity index (χ1v) is 9.42. The summed E-state index contributed by atoms with van der Waals surface area (Å²) in [6.45, 7) is 3.31. The van der Waals surface area contributed by atoms with Gasteiger partial charge in [0.15, 0.2) is 0 Å². The first kappa shape index (κ1) is 19.7. The van der Waals surface area contributed by atoms with Crippen LogP contribution >= 0.6 is 23.2 Å². The molecule has 0 aliphatic rings. The summed E-state index contributed by atoms with van der Waals surface area (Å²) in [5.74, 6) is -1.09. The van der Waals surface area contributed by atoms with Gasteiger partial charge in [-0.05, 0) is 50.2 Å². The van der Waals surface area contributed by atoms with Crippen LogP contribution in [0.5, 0.6) is 0 Å².